The molecular formula is C17H19ClN3O2+. The molecule has 0 bridgehead atoms. The fourth-order valence-electron chi connectivity index (χ4n) is 2.22. The standard InChI is InChI=1S/C17H18ClN3O2/c1-19-17(23)21-16(22)15(13-7-3-2-4-8-13)20-11-12-6-5-9-14(18)10-12/h2-10,15,20H,11H2,1H3,(H2,19,21,22,23)/p+1/t15-/m0/s1. The maximum absolute atomic E-state index is 12.4. The van der Waals surface area contributed by atoms with Crippen LogP contribution in [-0.2, 0) is 11.3 Å². The van der Waals surface area contributed by atoms with Crippen molar-refractivity contribution in [2.45, 2.75) is 12.6 Å². The summed E-state index contributed by atoms with van der Waals surface area (Å²) in [5.74, 6) is -0.363. The highest BCUT2D eigenvalue weighted by molar-refractivity contribution is 6.30. The number of benzene rings is 2. The molecule has 3 amide bonds. The summed E-state index contributed by atoms with van der Waals surface area (Å²) in [5, 5.41) is 7.24. The molecule has 1 atom stereocenters. The molecule has 0 aliphatic carbocycles. The van der Waals surface area contributed by atoms with Crippen molar-refractivity contribution in [3.8, 4) is 0 Å². The van der Waals surface area contributed by atoms with E-state index in [1.165, 1.54) is 7.05 Å². The summed E-state index contributed by atoms with van der Waals surface area (Å²) < 4.78 is 0. The first-order valence-corrected chi connectivity index (χ1v) is 7.63. The first-order chi connectivity index (χ1) is 11.1. The van der Waals surface area contributed by atoms with Crippen LogP contribution in [-0.4, -0.2) is 19.0 Å². The van der Waals surface area contributed by atoms with Crippen LogP contribution in [0.3, 0.4) is 0 Å². The summed E-state index contributed by atoms with van der Waals surface area (Å²) in [5.41, 5.74) is 1.84. The third kappa shape index (κ3) is 5.09. The number of urea groups is 1. The Labute approximate surface area is 140 Å². The Kier molecular flexibility index (Phi) is 6.14. The van der Waals surface area contributed by atoms with Crippen molar-refractivity contribution < 1.29 is 14.9 Å². The second-order valence-electron chi connectivity index (χ2n) is 5.03. The number of hydrogen-bond acceptors (Lipinski definition) is 2. The summed E-state index contributed by atoms with van der Waals surface area (Å²) >= 11 is 5.98. The molecule has 120 valence electrons. The lowest BCUT2D eigenvalue weighted by Gasteiger charge is -2.15. The van der Waals surface area contributed by atoms with Crippen LogP contribution in [0.15, 0.2) is 54.6 Å². The average Bonchev–Trinajstić information content (AvgIpc) is 2.56. The quantitative estimate of drug-likeness (QED) is 0.778. The number of carbonyl (C=O) groups excluding carboxylic acids is 2. The summed E-state index contributed by atoms with van der Waals surface area (Å²) in [4.78, 5) is 23.8. The van der Waals surface area contributed by atoms with Crippen molar-refractivity contribution >= 4 is 23.5 Å². The van der Waals surface area contributed by atoms with Gasteiger partial charge in [0.25, 0.3) is 5.91 Å². The van der Waals surface area contributed by atoms with E-state index in [0.29, 0.717) is 11.6 Å². The summed E-state index contributed by atoms with van der Waals surface area (Å²) in [6.07, 6.45) is 0. The molecule has 23 heavy (non-hydrogen) atoms. The summed E-state index contributed by atoms with van der Waals surface area (Å²) in [6.45, 7) is 0.571. The Balaban J connectivity index is 2.13. The first kappa shape index (κ1) is 17.0. The van der Waals surface area contributed by atoms with Gasteiger partial charge < -0.3 is 10.6 Å². The molecule has 2 aromatic carbocycles. The van der Waals surface area contributed by atoms with Gasteiger partial charge >= 0.3 is 6.03 Å². The number of nitrogens with two attached hydrogens (primary N) is 1. The van der Waals surface area contributed by atoms with E-state index in [1.807, 2.05) is 53.8 Å². The van der Waals surface area contributed by atoms with Gasteiger partial charge in [-0.3, -0.25) is 10.1 Å². The molecule has 0 saturated carbocycles. The van der Waals surface area contributed by atoms with E-state index in [-0.39, 0.29) is 5.91 Å². The topological polar surface area (TPSA) is 74.8 Å². The Morgan fingerprint density at radius 3 is 2.52 bits per heavy atom. The summed E-state index contributed by atoms with van der Waals surface area (Å²) in [6, 6.07) is 15.8. The molecule has 0 aliphatic rings. The maximum atomic E-state index is 12.4. The lowest BCUT2D eigenvalue weighted by Crippen LogP contribution is -2.86. The maximum Gasteiger partial charge on any atom is 0.321 e. The number of quaternary nitrogens is 1. The molecule has 0 unspecified atom stereocenters. The predicted octanol–water partition coefficient (Wildman–Crippen LogP) is 1.60. The molecule has 0 radical (unpaired) electrons. The number of hydrogen-bond donors (Lipinski definition) is 3. The predicted molar refractivity (Wildman–Crippen MR) is 88.9 cm³/mol. The van der Waals surface area contributed by atoms with Crippen LogP contribution in [0.25, 0.3) is 0 Å². The molecule has 4 N–H and O–H groups in total. The van der Waals surface area contributed by atoms with Gasteiger partial charge in [-0.25, -0.2) is 4.79 Å². The van der Waals surface area contributed by atoms with E-state index in [0.717, 1.165) is 11.1 Å². The van der Waals surface area contributed by atoms with Gasteiger partial charge in [-0.15, -0.1) is 0 Å². The van der Waals surface area contributed by atoms with Crippen molar-refractivity contribution in [3.63, 3.8) is 0 Å². The van der Waals surface area contributed by atoms with Crippen LogP contribution in [0.2, 0.25) is 5.02 Å². The fraction of sp³-hybridized carbons (Fsp3) is 0.176. The van der Waals surface area contributed by atoms with Crippen molar-refractivity contribution in [2.75, 3.05) is 7.05 Å². The Morgan fingerprint density at radius 2 is 1.87 bits per heavy atom. The van der Waals surface area contributed by atoms with Crippen molar-refractivity contribution in [2.24, 2.45) is 0 Å². The van der Waals surface area contributed by atoms with Crippen LogP contribution >= 0.6 is 11.6 Å². The lowest BCUT2D eigenvalue weighted by atomic mass is 10.1. The number of rotatable bonds is 5. The van der Waals surface area contributed by atoms with E-state index < -0.39 is 12.1 Å². The first-order valence-electron chi connectivity index (χ1n) is 7.25. The molecule has 0 aromatic heterocycles. The second kappa shape index (κ2) is 8.31. The minimum absolute atomic E-state index is 0.363. The van der Waals surface area contributed by atoms with Crippen LogP contribution in [0.4, 0.5) is 4.79 Å². The smallest absolute Gasteiger partial charge is 0.321 e. The highest BCUT2D eigenvalue weighted by Gasteiger charge is 2.25. The minimum Gasteiger partial charge on any atom is -0.341 e. The lowest BCUT2D eigenvalue weighted by molar-refractivity contribution is -0.698. The second-order valence-corrected chi connectivity index (χ2v) is 5.46. The molecule has 2 aromatic rings. The SMILES string of the molecule is CNC(=O)NC(=O)[C@@H]([NH2+]Cc1cccc(Cl)c1)c1ccccc1. The molecule has 5 nitrogen and oxygen atoms in total. The van der Waals surface area contributed by atoms with Gasteiger partial charge in [-0.1, -0.05) is 54.1 Å². The molecule has 2 rings (SSSR count). The highest BCUT2D eigenvalue weighted by atomic mass is 35.5. The van der Waals surface area contributed by atoms with Crippen molar-refractivity contribution in [1.29, 1.82) is 0 Å². The van der Waals surface area contributed by atoms with Gasteiger partial charge in [0.2, 0.25) is 0 Å². The van der Waals surface area contributed by atoms with Crippen LogP contribution in [0, 0.1) is 0 Å². The molecule has 6 heteroatoms. The zero-order chi connectivity index (χ0) is 16.7. The largest absolute Gasteiger partial charge is 0.341 e. The van der Waals surface area contributed by atoms with Gasteiger partial charge in [0.15, 0.2) is 6.04 Å². The van der Waals surface area contributed by atoms with Gasteiger partial charge in [-0.2, -0.15) is 0 Å². The zero-order valence-electron chi connectivity index (χ0n) is 12.8. The van der Waals surface area contributed by atoms with Crippen LogP contribution < -0.4 is 16.0 Å². The zero-order valence-corrected chi connectivity index (χ0v) is 13.5. The van der Waals surface area contributed by atoms with E-state index in [9.17, 15) is 9.59 Å². The number of carbonyl (C=O) groups is 2. The average molecular weight is 333 g/mol. The number of amides is 3. The molecule has 0 heterocycles. The number of halogens is 1. The Hall–Kier alpha value is -2.37. The van der Waals surface area contributed by atoms with Crippen molar-refractivity contribution in [3.05, 3.63) is 70.7 Å². The Morgan fingerprint density at radius 1 is 1.13 bits per heavy atom. The summed E-state index contributed by atoms with van der Waals surface area (Å²) in [7, 11) is 1.47. The third-order valence-corrected chi connectivity index (χ3v) is 3.62. The third-order valence-electron chi connectivity index (χ3n) is 3.38. The van der Waals surface area contributed by atoms with Crippen molar-refractivity contribution in [1.82, 2.24) is 10.6 Å². The minimum atomic E-state index is -0.521. The number of nitrogens with one attached hydrogen (secondary N) is 2. The van der Waals surface area contributed by atoms with Gasteiger partial charge in [-0.05, 0) is 12.1 Å². The van der Waals surface area contributed by atoms with Gasteiger partial charge in [0.05, 0.1) is 0 Å². The van der Waals surface area contributed by atoms with E-state index >= 15 is 0 Å². The van der Waals surface area contributed by atoms with E-state index in [1.54, 1.807) is 6.07 Å². The molecule has 0 fully saturated rings. The number of imide groups is 1. The van der Waals surface area contributed by atoms with E-state index in [2.05, 4.69) is 10.6 Å². The molecular weight excluding hydrogens is 314 g/mol. The van der Waals surface area contributed by atoms with Gasteiger partial charge in [0.1, 0.15) is 6.54 Å². The van der Waals surface area contributed by atoms with E-state index in [4.69, 9.17) is 11.6 Å². The van der Waals surface area contributed by atoms with Crippen LogP contribution in [0.1, 0.15) is 17.2 Å². The fourth-order valence-corrected chi connectivity index (χ4v) is 2.44. The monoisotopic (exact) mass is 332 g/mol. The highest BCUT2D eigenvalue weighted by Crippen LogP contribution is 2.11. The van der Waals surface area contributed by atoms with Gasteiger partial charge in [0, 0.05) is 23.2 Å². The normalized spacial score (nSPS) is 11.6. The Bertz CT molecular complexity index is 677. The molecule has 0 saturated heterocycles. The molecule has 0 spiro atoms. The molecule has 0 aliphatic heterocycles. The van der Waals surface area contributed by atoms with Crippen LogP contribution in [0.5, 0.6) is 0 Å².